The van der Waals surface area contributed by atoms with Gasteiger partial charge in [-0.05, 0) is 11.1 Å². The minimum Gasteiger partial charge on any atom is -0.392 e. The van der Waals surface area contributed by atoms with Crippen molar-refractivity contribution < 1.29 is 5.11 Å². The van der Waals surface area contributed by atoms with Crippen LogP contribution in [-0.2, 0) is 6.54 Å². The first-order valence-electron chi connectivity index (χ1n) is 5.07. The van der Waals surface area contributed by atoms with Crippen LogP contribution in [0.3, 0.4) is 0 Å². The highest BCUT2D eigenvalue weighted by Crippen LogP contribution is 2.07. The highest BCUT2D eigenvalue weighted by Gasteiger charge is 1.94. The summed E-state index contributed by atoms with van der Waals surface area (Å²) >= 11 is 0. The molecule has 1 aromatic carbocycles. The van der Waals surface area contributed by atoms with Gasteiger partial charge < -0.3 is 9.67 Å². The molecular weight excluding hydrogens is 202 g/mol. The quantitative estimate of drug-likeness (QED) is 0.837. The lowest BCUT2D eigenvalue weighted by Crippen LogP contribution is -1.95. The Morgan fingerprint density at radius 3 is 2.44 bits per heavy atom. The molecule has 4 heteroatoms. The van der Waals surface area contributed by atoms with Crippen molar-refractivity contribution in [3.63, 3.8) is 0 Å². The Morgan fingerprint density at radius 2 is 1.81 bits per heavy atom. The van der Waals surface area contributed by atoms with E-state index in [0.29, 0.717) is 0 Å². The molecule has 0 bridgehead atoms. The second-order valence-electron chi connectivity index (χ2n) is 3.46. The molecule has 0 saturated carbocycles. The molecule has 0 aliphatic carbocycles. The van der Waals surface area contributed by atoms with Crippen molar-refractivity contribution >= 4 is 6.08 Å². The summed E-state index contributed by atoms with van der Waals surface area (Å²) in [7, 11) is 0. The van der Waals surface area contributed by atoms with Gasteiger partial charge in [0.2, 0.25) is 0 Å². The molecule has 0 atom stereocenters. The van der Waals surface area contributed by atoms with Crippen LogP contribution in [0.4, 0.5) is 0 Å². The van der Waals surface area contributed by atoms with Gasteiger partial charge in [-0.15, -0.1) is 10.2 Å². The molecule has 2 rings (SSSR count). The first kappa shape index (κ1) is 10.6. The zero-order valence-corrected chi connectivity index (χ0v) is 8.82. The minimum atomic E-state index is 0.0719. The van der Waals surface area contributed by atoms with E-state index < -0.39 is 0 Å². The lowest BCUT2D eigenvalue weighted by Gasteiger charge is -2.01. The van der Waals surface area contributed by atoms with E-state index in [1.54, 1.807) is 18.7 Å². The highest BCUT2D eigenvalue weighted by molar-refractivity contribution is 5.49. The predicted octanol–water partition coefficient (Wildman–Crippen LogP) is 1.33. The van der Waals surface area contributed by atoms with Gasteiger partial charge in [0.1, 0.15) is 12.7 Å². The molecule has 1 N–H and O–H groups in total. The van der Waals surface area contributed by atoms with Gasteiger partial charge >= 0.3 is 0 Å². The Morgan fingerprint density at radius 1 is 1.12 bits per heavy atom. The molecule has 4 nitrogen and oxygen atoms in total. The van der Waals surface area contributed by atoms with E-state index in [9.17, 15) is 0 Å². The number of nitrogens with zero attached hydrogens (tertiary/aromatic N) is 3. The molecule has 0 aliphatic rings. The maximum absolute atomic E-state index is 8.65. The van der Waals surface area contributed by atoms with Crippen molar-refractivity contribution in [3.05, 3.63) is 54.1 Å². The van der Waals surface area contributed by atoms with Crippen molar-refractivity contribution in [2.24, 2.45) is 0 Å². The zero-order valence-electron chi connectivity index (χ0n) is 8.82. The van der Waals surface area contributed by atoms with Gasteiger partial charge in [0.25, 0.3) is 0 Å². The Bertz CT molecular complexity index is 446. The Balaban J connectivity index is 2.05. The molecule has 0 saturated heterocycles. The summed E-state index contributed by atoms with van der Waals surface area (Å²) < 4.78 is 1.92. The van der Waals surface area contributed by atoms with Gasteiger partial charge in [-0.25, -0.2) is 0 Å². The maximum atomic E-state index is 8.65. The van der Waals surface area contributed by atoms with E-state index in [2.05, 4.69) is 22.3 Å². The molecule has 2 aromatic rings. The number of aromatic nitrogens is 3. The number of aliphatic hydroxyl groups excluding tert-OH is 1. The number of benzene rings is 1. The van der Waals surface area contributed by atoms with Crippen molar-refractivity contribution in [2.45, 2.75) is 6.54 Å². The topological polar surface area (TPSA) is 50.9 Å². The van der Waals surface area contributed by atoms with Crippen molar-refractivity contribution in [3.8, 4) is 0 Å². The van der Waals surface area contributed by atoms with Gasteiger partial charge in [0, 0.05) is 6.54 Å². The van der Waals surface area contributed by atoms with Crippen LogP contribution in [0.5, 0.6) is 0 Å². The lowest BCUT2D eigenvalue weighted by molar-refractivity contribution is 0.343. The van der Waals surface area contributed by atoms with Crippen molar-refractivity contribution in [1.29, 1.82) is 0 Å². The third kappa shape index (κ3) is 2.77. The Hall–Kier alpha value is -1.94. The summed E-state index contributed by atoms with van der Waals surface area (Å²) in [6.45, 7) is 0.847. The van der Waals surface area contributed by atoms with Crippen LogP contribution in [-0.4, -0.2) is 26.5 Å². The molecule has 0 unspecified atom stereocenters. The van der Waals surface area contributed by atoms with Crippen molar-refractivity contribution in [1.82, 2.24) is 14.8 Å². The molecule has 0 fully saturated rings. The molecule has 82 valence electrons. The van der Waals surface area contributed by atoms with Gasteiger partial charge in [-0.3, -0.25) is 0 Å². The maximum Gasteiger partial charge on any atom is 0.119 e. The fourth-order valence-electron chi connectivity index (χ4n) is 1.44. The van der Waals surface area contributed by atoms with Crippen LogP contribution >= 0.6 is 0 Å². The lowest BCUT2D eigenvalue weighted by atomic mass is 10.1. The van der Waals surface area contributed by atoms with E-state index in [-0.39, 0.29) is 6.61 Å². The number of aliphatic hydroxyl groups is 1. The van der Waals surface area contributed by atoms with Gasteiger partial charge in [0.15, 0.2) is 0 Å². The van der Waals surface area contributed by atoms with E-state index in [1.807, 2.05) is 22.8 Å². The van der Waals surface area contributed by atoms with E-state index in [4.69, 9.17) is 5.11 Å². The largest absolute Gasteiger partial charge is 0.392 e. The first-order chi connectivity index (χ1) is 7.88. The van der Waals surface area contributed by atoms with Gasteiger partial charge in [0.05, 0.1) is 6.61 Å². The molecular formula is C12H13N3O. The standard InChI is InChI=1S/C12H13N3O/c16-7-1-2-11-3-5-12(6-4-11)8-15-9-13-14-10-15/h1-6,9-10,16H,7-8H2. The average Bonchev–Trinajstić information content (AvgIpc) is 2.81. The molecule has 0 spiro atoms. The number of hydrogen-bond donors (Lipinski definition) is 1. The normalized spacial score (nSPS) is 11.1. The SMILES string of the molecule is OCC=Cc1ccc(Cn2cnnc2)cc1. The molecule has 0 radical (unpaired) electrons. The highest BCUT2D eigenvalue weighted by atomic mass is 16.2. The fraction of sp³-hybridized carbons (Fsp3) is 0.167. The monoisotopic (exact) mass is 215 g/mol. The summed E-state index contributed by atoms with van der Waals surface area (Å²) in [4.78, 5) is 0. The van der Waals surface area contributed by atoms with Crippen LogP contribution in [0.2, 0.25) is 0 Å². The minimum absolute atomic E-state index is 0.0719. The summed E-state index contributed by atoms with van der Waals surface area (Å²) in [5, 5.41) is 16.2. The molecule has 0 aliphatic heterocycles. The van der Waals surface area contributed by atoms with E-state index in [0.717, 1.165) is 12.1 Å². The average molecular weight is 215 g/mol. The smallest absolute Gasteiger partial charge is 0.119 e. The third-order valence-corrected chi connectivity index (χ3v) is 2.23. The Kier molecular flexibility index (Phi) is 3.46. The summed E-state index contributed by atoms with van der Waals surface area (Å²) in [5.41, 5.74) is 2.28. The molecule has 1 aromatic heterocycles. The van der Waals surface area contributed by atoms with Crippen LogP contribution in [0.25, 0.3) is 6.08 Å². The molecule has 16 heavy (non-hydrogen) atoms. The second-order valence-corrected chi connectivity index (χ2v) is 3.46. The number of rotatable bonds is 4. The molecule has 1 heterocycles. The Labute approximate surface area is 93.9 Å². The van der Waals surface area contributed by atoms with E-state index >= 15 is 0 Å². The summed E-state index contributed by atoms with van der Waals surface area (Å²) in [5.74, 6) is 0. The fourth-order valence-corrected chi connectivity index (χ4v) is 1.44. The van der Waals surface area contributed by atoms with E-state index in [1.165, 1.54) is 5.56 Å². The van der Waals surface area contributed by atoms with Crippen LogP contribution < -0.4 is 0 Å². The number of hydrogen-bond acceptors (Lipinski definition) is 3. The zero-order chi connectivity index (χ0) is 11.2. The summed E-state index contributed by atoms with van der Waals surface area (Å²) in [6, 6.07) is 8.14. The first-order valence-corrected chi connectivity index (χ1v) is 5.07. The van der Waals surface area contributed by atoms with Crippen LogP contribution in [0.1, 0.15) is 11.1 Å². The van der Waals surface area contributed by atoms with Gasteiger partial charge in [-0.2, -0.15) is 0 Å². The van der Waals surface area contributed by atoms with Crippen LogP contribution in [0, 0.1) is 0 Å². The summed E-state index contributed by atoms with van der Waals surface area (Å²) in [6.07, 6.45) is 7.00. The predicted molar refractivity (Wildman–Crippen MR) is 61.7 cm³/mol. The molecule has 0 amide bonds. The van der Waals surface area contributed by atoms with Crippen LogP contribution in [0.15, 0.2) is 43.0 Å². The van der Waals surface area contributed by atoms with Crippen molar-refractivity contribution in [2.75, 3.05) is 6.61 Å². The third-order valence-electron chi connectivity index (χ3n) is 2.23. The van der Waals surface area contributed by atoms with Gasteiger partial charge in [-0.1, -0.05) is 36.4 Å². The second kappa shape index (κ2) is 5.23.